The van der Waals surface area contributed by atoms with E-state index in [0.717, 1.165) is 5.69 Å². The molecule has 1 heterocycles. The van der Waals surface area contributed by atoms with Crippen molar-refractivity contribution in [3.05, 3.63) is 62.7 Å². The van der Waals surface area contributed by atoms with E-state index in [1.165, 1.54) is 0 Å². The summed E-state index contributed by atoms with van der Waals surface area (Å²) < 4.78 is 5.88. The number of anilines is 1. The average molecular weight is 438 g/mol. The minimum absolute atomic E-state index is 0.0349. The Morgan fingerprint density at radius 2 is 1.75 bits per heavy atom. The topological polar surface area (TPSA) is 51.2 Å². The lowest BCUT2D eigenvalue weighted by atomic mass is 10.1. The predicted octanol–water partition coefficient (Wildman–Crippen LogP) is 6.80. The number of pyridine rings is 1. The van der Waals surface area contributed by atoms with E-state index in [4.69, 9.17) is 44.5 Å². The van der Waals surface area contributed by atoms with Crippen molar-refractivity contribution in [2.24, 2.45) is 0 Å². The normalized spacial score (nSPS) is 11.1. The lowest BCUT2D eigenvalue weighted by molar-refractivity contribution is 0.102. The fourth-order valence-corrected chi connectivity index (χ4v) is 3.75. The van der Waals surface area contributed by atoms with Crippen LogP contribution in [0.1, 0.15) is 36.8 Å². The monoisotopic (exact) mass is 436 g/mol. The van der Waals surface area contributed by atoms with Crippen molar-refractivity contribution in [2.75, 3.05) is 5.32 Å². The number of aromatic nitrogens is 1. The van der Waals surface area contributed by atoms with Gasteiger partial charge in [0.05, 0.1) is 43.6 Å². The van der Waals surface area contributed by atoms with Crippen molar-refractivity contribution in [3.8, 4) is 5.75 Å². The van der Waals surface area contributed by atoms with Crippen LogP contribution in [0.4, 0.5) is 5.69 Å². The Labute approximate surface area is 178 Å². The molecule has 0 saturated carbocycles. The summed E-state index contributed by atoms with van der Waals surface area (Å²) in [7, 11) is 0. The molecule has 0 bridgehead atoms. The van der Waals surface area contributed by atoms with Crippen molar-refractivity contribution in [2.45, 2.75) is 33.3 Å². The Balaban J connectivity index is 2.10. The molecule has 28 heavy (non-hydrogen) atoms. The van der Waals surface area contributed by atoms with Gasteiger partial charge in [0, 0.05) is 5.39 Å². The molecule has 146 valence electrons. The number of carbonyl (C=O) groups is 1. The summed E-state index contributed by atoms with van der Waals surface area (Å²) >= 11 is 18.9. The van der Waals surface area contributed by atoms with Crippen molar-refractivity contribution in [3.63, 3.8) is 0 Å². The molecule has 0 aliphatic carbocycles. The zero-order chi connectivity index (χ0) is 20.4. The minimum Gasteiger partial charge on any atom is -0.488 e. The Hall–Kier alpha value is -2.01. The Kier molecular flexibility index (Phi) is 6.33. The van der Waals surface area contributed by atoms with Gasteiger partial charge in [-0.2, -0.15) is 0 Å². The number of amides is 1. The zero-order valence-electron chi connectivity index (χ0n) is 15.6. The number of ether oxygens (including phenoxy) is 1. The number of benzene rings is 2. The van der Waals surface area contributed by atoms with E-state index >= 15 is 0 Å². The van der Waals surface area contributed by atoms with Crippen LogP contribution in [-0.4, -0.2) is 17.0 Å². The highest BCUT2D eigenvalue weighted by molar-refractivity contribution is 6.40. The number of carbonyl (C=O) groups excluding carboxylic acids is 1. The number of hydrogen-bond acceptors (Lipinski definition) is 3. The second-order valence-electron chi connectivity index (χ2n) is 6.47. The van der Waals surface area contributed by atoms with Gasteiger partial charge >= 0.3 is 0 Å². The summed E-state index contributed by atoms with van der Waals surface area (Å²) in [4.78, 5) is 17.5. The molecule has 7 heteroatoms. The van der Waals surface area contributed by atoms with Gasteiger partial charge in [-0.3, -0.25) is 4.79 Å². The van der Waals surface area contributed by atoms with Crippen molar-refractivity contribution >= 4 is 57.3 Å². The lowest BCUT2D eigenvalue weighted by Crippen LogP contribution is -2.14. The molecular formula is C21H19Cl3N2O2. The fourth-order valence-electron chi connectivity index (χ4n) is 2.87. The van der Waals surface area contributed by atoms with E-state index in [-0.39, 0.29) is 21.7 Å². The first-order valence-corrected chi connectivity index (χ1v) is 10.00. The molecule has 0 atom stereocenters. The van der Waals surface area contributed by atoms with Gasteiger partial charge in [-0.05, 0) is 38.5 Å². The number of nitrogens with zero attached hydrogens (tertiary/aromatic N) is 1. The van der Waals surface area contributed by atoms with E-state index in [9.17, 15) is 4.79 Å². The number of rotatable bonds is 5. The van der Waals surface area contributed by atoms with Crippen LogP contribution in [0.25, 0.3) is 10.9 Å². The Morgan fingerprint density at radius 1 is 1.11 bits per heavy atom. The fraction of sp³-hybridized carbons (Fsp3) is 0.238. The molecule has 3 aromatic rings. The van der Waals surface area contributed by atoms with Crippen LogP contribution in [0.15, 0.2) is 36.4 Å². The van der Waals surface area contributed by atoms with Gasteiger partial charge in [-0.15, -0.1) is 0 Å². The quantitative estimate of drug-likeness (QED) is 0.477. The van der Waals surface area contributed by atoms with Crippen molar-refractivity contribution in [1.82, 2.24) is 4.98 Å². The van der Waals surface area contributed by atoms with Crippen LogP contribution >= 0.6 is 34.8 Å². The standard InChI is InChI=1S/C21H19Cl3N2O2/c1-4-15-20(28-11(2)3)18(24)12-7-5-10-16(19(12)25-15)26-21(27)17-13(22)8-6-9-14(17)23/h5-11H,4H2,1-3H3,(H,26,27). The van der Waals surface area contributed by atoms with E-state index < -0.39 is 5.91 Å². The smallest absolute Gasteiger partial charge is 0.258 e. The molecule has 0 spiro atoms. The molecule has 4 nitrogen and oxygen atoms in total. The third-order valence-corrected chi connectivity index (χ3v) is 5.11. The van der Waals surface area contributed by atoms with E-state index in [1.54, 1.807) is 30.3 Å². The first kappa shape index (κ1) is 20.7. The second-order valence-corrected chi connectivity index (χ2v) is 7.67. The Morgan fingerprint density at radius 3 is 2.36 bits per heavy atom. The van der Waals surface area contributed by atoms with E-state index in [1.807, 2.05) is 26.8 Å². The van der Waals surface area contributed by atoms with Crippen LogP contribution in [-0.2, 0) is 6.42 Å². The predicted molar refractivity (Wildman–Crippen MR) is 116 cm³/mol. The molecule has 0 saturated heterocycles. The number of fused-ring (bicyclic) bond motifs is 1. The summed E-state index contributed by atoms with van der Waals surface area (Å²) in [5.74, 6) is 0.158. The van der Waals surface area contributed by atoms with Gasteiger partial charge in [-0.25, -0.2) is 4.98 Å². The van der Waals surface area contributed by atoms with E-state index in [2.05, 4.69) is 5.32 Å². The summed E-state index contributed by atoms with van der Waals surface area (Å²) in [5.41, 5.74) is 2.04. The van der Waals surface area contributed by atoms with Crippen LogP contribution in [0.3, 0.4) is 0 Å². The van der Waals surface area contributed by atoms with Gasteiger partial charge < -0.3 is 10.1 Å². The molecule has 1 aromatic heterocycles. The number of aryl methyl sites for hydroxylation is 1. The SMILES string of the molecule is CCc1nc2c(NC(=O)c3c(Cl)cccc3Cl)cccc2c(Cl)c1OC(C)C. The molecule has 3 rings (SSSR count). The molecule has 2 aromatic carbocycles. The summed E-state index contributed by atoms with van der Waals surface area (Å²) in [6, 6.07) is 10.3. The van der Waals surface area contributed by atoms with Crippen LogP contribution < -0.4 is 10.1 Å². The zero-order valence-corrected chi connectivity index (χ0v) is 17.9. The minimum atomic E-state index is -0.415. The molecule has 0 aliphatic heterocycles. The average Bonchev–Trinajstić information content (AvgIpc) is 2.64. The summed E-state index contributed by atoms with van der Waals surface area (Å²) in [6.45, 7) is 5.84. The largest absolute Gasteiger partial charge is 0.488 e. The van der Waals surface area contributed by atoms with E-state index in [0.29, 0.717) is 33.8 Å². The number of halogens is 3. The van der Waals surface area contributed by atoms with Gasteiger partial charge in [0.1, 0.15) is 0 Å². The summed E-state index contributed by atoms with van der Waals surface area (Å²) in [6.07, 6.45) is 0.600. The molecule has 1 amide bonds. The van der Waals surface area contributed by atoms with Crippen LogP contribution in [0, 0.1) is 0 Å². The Bertz CT molecular complexity index is 1030. The second kappa shape index (κ2) is 8.56. The highest BCUT2D eigenvalue weighted by Crippen LogP contribution is 2.38. The molecule has 0 fully saturated rings. The molecule has 0 aliphatic rings. The highest BCUT2D eigenvalue weighted by atomic mass is 35.5. The van der Waals surface area contributed by atoms with Crippen LogP contribution in [0.5, 0.6) is 5.75 Å². The molecule has 0 unspecified atom stereocenters. The first-order valence-electron chi connectivity index (χ1n) is 8.86. The molecule has 0 radical (unpaired) electrons. The molecular weight excluding hydrogens is 419 g/mol. The summed E-state index contributed by atoms with van der Waals surface area (Å²) in [5, 5.41) is 4.57. The lowest BCUT2D eigenvalue weighted by Gasteiger charge is -2.17. The van der Waals surface area contributed by atoms with Gasteiger partial charge in [-0.1, -0.05) is 59.9 Å². The third-order valence-electron chi connectivity index (χ3n) is 4.11. The van der Waals surface area contributed by atoms with Gasteiger partial charge in [0.2, 0.25) is 0 Å². The van der Waals surface area contributed by atoms with Gasteiger partial charge in [0.25, 0.3) is 5.91 Å². The maximum absolute atomic E-state index is 12.8. The van der Waals surface area contributed by atoms with Gasteiger partial charge in [0.15, 0.2) is 5.75 Å². The maximum atomic E-state index is 12.8. The molecule has 1 N–H and O–H groups in total. The highest BCUT2D eigenvalue weighted by Gasteiger charge is 2.20. The number of nitrogens with one attached hydrogen (secondary N) is 1. The van der Waals surface area contributed by atoms with Crippen molar-refractivity contribution in [1.29, 1.82) is 0 Å². The number of hydrogen-bond donors (Lipinski definition) is 1. The van der Waals surface area contributed by atoms with Crippen LogP contribution in [0.2, 0.25) is 15.1 Å². The maximum Gasteiger partial charge on any atom is 0.258 e. The first-order chi connectivity index (χ1) is 13.3. The third kappa shape index (κ3) is 4.04. The number of para-hydroxylation sites is 1. The van der Waals surface area contributed by atoms with Crippen molar-refractivity contribution < 1.29 is 9.53 Å².